The SMILES string of the molecule is Cc1nn(C)cc1CNCc1c(Cl)cccc1[N+](=O)[O-]. The van der Waals surface area contributed by atoms with Crippen LogP contribution in [0.3, 0.4) is 0 Å². The molecule has 2 rings (SSSR count). The van der Waals surface area contributed by atoms with E-state index >= 15 is 0 Å². The van der Waals surface area contributed by atoms with Gasteiger partial charge < -0.3 is 5.32 Å². The number of rotatable bonds is 5. The van der Waals surface area contributed by atoms with Crippen LogP contribution in [-0.4, -0.2) is 14.7 Å². The summed E-state index contributed by atoms with van der Waals surface area (Å²) < 4.78 is 1.74. The molecule has 0 spiro atoms. The molecule has 0 saturated carbocycles. The van der Waals surface area contributed by atoms with E-state index in [2.05, 4.69) is 10.4 Å². The van der Waals surface area contributed by atoms with Crippen LogP contribution >= 0.6 is 11.6 Å². The van der Waals surface area contributed by atoms with Gasteiger partial charge in [0.2, 0.25) is 0 Å². The first kappa shape index (κ1) is 14.5. The lowest BCUT2D eigenvalue weighted by atomic mass is 10.1. The fourth-order valence-corrected chi connectivity index (χ4v) is 2.27. The zero-order chi connectivity index (χ0) is 14.7. The number of benzene rings is 1. The molecule has 0 bridgehead atoms. The number of nitro benzene ring substituents is 1. The van der Waals surface area contributed by atoms with E-state index in [1.165, 1.54) is 6.07 Å². The topological polar surface area (TPSA) is 73.0 Å². The largest absolute Gasteiger partial charge is 0.308 e. The van der Waals surface area contributed by atoms with Gasteiger partial charge in [0.25, 0.3) is 5.69 Å². The molecular weight excluding hydrogens is 280 g/mol. The van der Waals surface area contributed by atoms with E-state index < -0.39 is 4.92 Å². The number of nitrogens with one attached hydrogen (secondary N) is 1. The van der Waals surface area contributed by atoms with Crippen LogP contribution in [0.15, 0.2) is 24.4 Å². The number of aromatic nitrogens is 2. The number of hydrogen-bond donors (Lipinski definition) is 1. The summed E-state index contributed by atoms with van der Waals surface area (Å²) in [5.74, 6) is 0. The van der Waals surface area contributed by atoms with Gasteiger partial charge in [0.1, 0.15) is 0 Å². The maximum atomic E-state index is 11.0. The number of aryl methyl sites for hydroxylation is 2. The minimum atomic E-state index is -0.418. The van der Waals surface area contributed by atoms with Crippen LogP contribution in [0.4, 0.5) is 5.69 Å². The smallest absolute Gasteiger partial charge is 0.275 e. The first-order valence-electron chi connectivity index (χ1n) is 6.10. The average molecular weight is 295 g/mol. The van der Waals surface area contributed by atoms with E-state index in [9.17, 15) is 10.1 Å². The zero-order valence-corrected chi connectivity index (χ0v) is 12.0. The Morgan fingerprint density at radius 2 is 2.20 bits per heavy atom. The van der Waals surface area contributed by atoms with Crippen LogP contribution in [-0.2, 0) is 20.1 Å². The van der Waals surface area contributed by atoms with Gasteiger partial charge in [-0.05, 0) is 13.0 Å². The van der Waals surface area contributed by atoms with Gasteiger partial charge in [0.05, 0.1) is 21.2 Å². The molecule has 2 aromatic rings. The van der Waals surface area contributed by atoms with Crippen molar-refractivity contribution in [3.63, 3.8) is 0 Å². The van der Waals surface area contributed by atoms with E-state index in [-0.39, 0.29) is 5.69 Å². The second kappa shape index (κ2) is 6.02. The van der Waals surface area contributed by atoms with E-state index in [0.717, 1.165) is 11.3 Å². The second-order valence-corrected chi connectivity index (χ2v) is 4.92. The van der Waals surface area contributed by atoms with Crippen molar-refractivity contribution in [2.75, 3.05) is 0 Å². The Hall–Kier alpha value is -1.92. The number of nitro groups is 1. The number of nitrogens with zero attached hydrogens (tertiary/aromatic N) is 3. The fraction of sp³-hybridized carbons (Fsp3) is 0.308. The predicted octanol–water partition coefficient (Wildman–Crippen LogP) is 2.58. The second-order valence-electron chi connectivity index (χ2n) is 4.51. The molecular formula is C13H15ClN4O2. The van der Waals surface area contributed by atoms with Gasteiger partial charge in [-0.2, -0.15) is 5.10 Å². The molecule has 1 N–H and O–H groups in total. The Balaban J connectivity index is 2.08. The molecule has 0 aliphatic heterocycles. The molecule has 0 atom stereocenters. The number of halogens is 1. The summed E-state index contributed by atoms with van der Waals surface area (Å²) in [7, 11) is 1.86. The average Bonchev–Trinajstić information content (AvgIpc) is 2.69. The van der Waals surface area contributed by atoms with Gasteiger partial charge in [0, 0.05) is 38.0 Å². The summed E-state index contributed by atoms with van der Waals surface area (Å²) in [6, 6.07) is 4.69. The fourth-order valence-electron chi connectivity index (χ4n) is 2.04. The monoisotopic (exact) mass is 294 g/mol. The normalized spacial score (nSPS) is 10.8. The van der Waals surface area contributed by atoms with Gasteiger partial charge in [0.15, 0.2) is 0 Å². The molecule has 1 aromatic carbocycles. The third-order valence-corrected chi connectivity index (χ3v) is 3.38. The van der Waals surface area contributed by atoms with Crippen molar-refractivity contribution in [2.24, 2.45) is 7.05 Å². The minimum absolute atomic E-state index is 0.0351. The van der Waals surface area contributed by atoms with Crippen molar-refractivity contribution in [3.05, 3.63) is 56.4 Å². The molecule has 1 heterocycles. The van der Waals surface area contributed by atoms with Crippen LogP contribution in [0.25, 0.3) is 0 Å². The lowest BCUT2D eigenvalue weighted by Gasteiger charge is -2.07. The van der Waals surface area contributed by atoms with Gasteiger partial charge in [-0.15, -0.1) is 0 Å². The van der Waals surface area contributed by atoms with Crippen molar-refractivity contribution < 1.29 is 4.92 Å². The van der Waals surface area contributed by atoms with Crippen LogP contribution in [0.5, 0.6) is 0 Å². The molecule has 0 aliphatic rings. The highest BCUT2D eigenvalue weighted by molar-refractivity contribution is 6.31. The quantitative estimate of drug-likeness (QED) is 0.679. The van der Waals surface area contributed by atoms with Crippen molar-refractivity contribution in [1.82, 2.24) is 15.1 Å². The molecule has 0 aliphatic carbocycles. The highest BCUT2D eigenvalue weighted by Gasteiger charge is 2.16. The first-order valence-corrected chi connectivity index (χ1v) is 6.48. The Morgan fingerprint density at radius 1 is 1.45 bits per heavy atom. The van der Waals surface area contributed by atoms with Crippen molar-refractivity contribution in [2.45, 2.75) is 20.0 Å². The standard InChI is InChI=1S/C13H15ClN4O2/c1-9-10(8-17(2)16-9)6-15-7-11-12(14)4-3-5-13(11)18(19)20/h3-5,8,15H,6-7H2,1-2H3. The molecule has 0 saturated heterocycles. The summed E-state index contributed by atoms with van der Waals surface area (Å²) in [6.07, 6.45) is 1.92. The third kappa shape index (κ3) is 3.15. The molecule has 1 aromatic heterocycles. The van der Waals surface area contributed by atoms with Crippen LogP contribution in [0, 0.1) is 17.0 Å². The summed E-state index contributed by atoms with van der Waals surface area (Å²) in [5.41, 5.74) is 2.53. The van der Waals surface area contributed by atoms with Crippen molar-refractivity contribution in [1.29, 1.82) is 0 Å². The molecule has 106 valence electrons. The van der Waals surface area contributed by atoms with Gasteiger partial charge in [-0.3, -0.25) is 14.8 Å². The highest BCUT2D eigenvalue weighted by atomic mass is 35.5. The molecule has 0 radical (unpaired) electrons. The van der Waals surface area contributed by atoms with E-state index in [0.29, 0.717) is 23.7 Å². The summed E-state index contributed by atoms with van der Waals surface area (Å²) in [5, 5.41) is 18.8. The first-order chi connectivity index (χ1) is 9.49. The van der Waals surface area contributed by atoms with Crippen LogP contribution < -0.4 is 5.32 Å². The lowest BCUT2D eigenvalue weighted by Crippen LogP contribution is -2.14. The zero-order valence-electron chi connectivity index (χ0n) is 11.3. The molecule has 0 unspecified atom stereocenters. The maximum Gasteiger partial charge on any atom is 0.275 e. The van der Waals surface area contributed by atoms with Crippen molar-refractivity contribution >= 4 is 17.3 Å². The highest BCUT2D eigenvalue weighted by Crippen LogP contribution is 2.26. The Bertz CT molecular complexity index is 639. The maximum absolute atomic E-state index is 11.0. The summed E-state index contributed by atoms with van der Waals surface area (Å²) in [6.45, 7) is 2.85. The number of hydrogen-bond acceptors (Lipinski definition) is 4. The molecule has 7 heteroatoms. The van der Waals surface area contributed by atoms with E-state index in [4.69, 9.17) is 11.6 Å². The summed E-state index contributed by atoms with van der Waals surface area (Å²) in [4.78, 5) is 10.6. The molecule has 20 heavy (non-hydrogen) atoms. The van der Waals surface area contributed by atoms with Gasteiger partial charge >= 0.3 is 0 Å². The van der Waals surface area contributed by atoms with Gasteiger partial charge in [-0.1, -0.05) is 17.7 Å². The lowest BCUT2D eigenvalue weighted by molar-refractivity contribution is -0.385. The van der Waals surface area contributed by atoms with Crippen molar-refractivity contribution in [3.8, 4) is 0 Å². The Labute approximate surface area is 121 Å². The third-order valence-electron chi connectivity index (χ3n) is 3.02. The minimum Gasteiger partial charge on any atom is -0.308 e. The molecule has 6 nitrogen and oxygen atoms in total. The Morgan fingerprint density at radius 3 is 2.80 bits per heavy atom. The van der Waals surface area contributed by atoms with E-state index in [1.54, 1.807) is 16.8 Å². The van der Waals surface area contributed by atoms with Gasteiger partial charge in [-0.25, -0.2) is 0 Å². The Kier molecular flexibility index (Phi) is 4.36. The predicted molar refractivity (Wildman–Crippen MR) is 76.6 cm³/mol. The van der Waals surface area contributed by atoms with Crippen LogP contribution in [0.2, 0.25) is 5.02 Å². The molecule has 0 fully saturated rings. The summed E-state index contributed by atoms with van der Waals surface area (Å²) >= 11 is 6.03. The van der Waals surface area contributed by atoms with Crippen LogP contribution in [0.1, 0.15) is 16.8 Å². The van der Waals surface area contributed by atoms with E-state index in [1.807, 2.05) is 20.2 Å². The molecule has 0 amide bonds.